The number of hydrogen-bond donors (Lipinski definition) is 0. The molecule has 1 aliphatic rings. The normalized spacial score (nSPS) is 14.9. The molecule has 1 aliphatic heterocycles. The molecule has 1 aromatic heterocycles. The molecular formula is C23H26F3NO6. The molecule has 180 valence electrons. The maximum Gasteiger partial charge on any atom is 0.391 e. The molecule has 3 rings (SSSR count). The van der Waals surface area contributed by atoms with Crippen molar-refractivity contribution in [2.75, 3.05) is 34.0 Å². The third kappa shape index (κ3) is 5.68. The van der Waals surface area contributed by atoms with E-state index in [2.05, 4.69) is 0 Å². The Kier molecular flexibility index (Phi) is 7.68. The summed E-state index contributed by atoms with van der Waals surface area (Å²) in [7, 11) is 3.03. The second kappa shape index (κ2) is 10.3. The molecule has 2 heterocycles. The number of ether oxygens (including phenoxy) is 4. The Morgan fingerprint density at radius 3 is 2.55 bits per heavy atom. The van der Waals surface area contributed by atoms with E-state index in [4.69, 9.17) is 18.9 Å². The molecule has 7 nitrogen and oxygen atoms in total. The zero-order valence-electron chi connectivity index (χ0n) is 18.7. The summed E-state index contributed by atoms with van der Waals surface area (Å²) >= 11 is 0. The highest BCUT2D eigenvalue weighted by Crippen LogP contribution is 2.43. The minimum atomic E-state index is -4.45. The number of aromatic nitrogens is 1. The summed E-state index contributed by atoms with van der Waals surface area (Å²) in [6, 6.07) is 3.42. The predicted molar refractivity (Wildman–Crippen MR) is 114 cm³/mol. The average Bonchev–Trinajstić information content (AvgIpc) is 2.75. The highest BCUT2D eigenvalue weighted by atomic mass is 19.4. The summed E-state index contributed by atoms with van der Waals surface area (Å²) < 4.78 is 62.6. The smallest absolute Gasteiger partial charge is 0.391 e. The van der Waals surface area contributed by atoms with Crippen LogP contribution in [0.15, 0.2) is 29.2 Å². The van der Waals surface area contributed by atoms with Crippen LogP contribution in [0.4, 0.5) is 13.2 Å². The number of carbonyl (C=O) groups excluding carboxylic acids is 1. The zero-order chi connectivity index (χ0) is 24.2. The van der Waals surface area contributed by atoms with Crippen molar-refractivity contribution < 1.29 is 36.9 Å². The van der Waals surface area contributed by atoms with Crippen molar-refractivity contribution in [3.63, 3.8) is 0 Å². The number of nitrogens with zero attached hydrogens (tertiary/aromatic N) is 1. The van der Waals surface area contributed by atoms with Gasteiger partial charge in [0.1, 0.15) is 5.56 Å². The van der Waals surface area contributed by atoms with Gasteiger partial charge in [-0.05, 0) is 31.0 Å². The van der Waals surface area contributed by atoms with E-state index in [1.807, 2.05) is 0 Å². The minimum absolute atomic E-state index is 0.0331. The standard InChI is InChI=1S/C23H26F3NO6/c1-4-32-22(29)17-13-27-15(12-23(24,25)26)8-14-9-21(33-7-5-6-30-2)20(31-3)10-16(14)18(27)11-19(17)28/h9-11,13,15H,4-8,12H2,1-3H3. The fraction of sp³-hybridized carbons (Fsp3) is 0.478. The fourth-order valence-corrected chi connectivity index (χ4v) is 3.89. The number of methoxy groups -OCH3 is 2. The molecule has 0 amide bonds. The molecule has 10 heteroatoms. The van der Waals surface area contributed by atoms with E-state index in [1.165, 1.54) is 17.7 Å². The van der Waals surface area contributed by atoms with E-state index in [9.17, 15) is 22.8 Å². The number of halogens is 3. The lowest BCUT2D eigenvalue weighted by atomic mass is 9.90. The summed E-state index contributed by atoms with van der Waals surface area (Å²) in [6.45, 7) is 2.46. The molecule has 0 saturated heterocycles. The van der Waals surface area contributed by atoms with Crippen LogP contribution in [-0.4, -0.2) is 50.8 Å². The van der Waals surface area contributed by atoms with Gasteiger partial charge in [0.05, 0.1) is 32.4 Å². The predicted octanol–water partition coefficient (Wildman–Crippen LogP) is 4.17. The van der Waals surface area contributed by atoms with Crippen LogP contribution in [0.3, 0.4) is 0 Å². The Morgan fingerprint density at radius 1 is 1.15 bits per heavy atom. The number of esters is 1. The molecule has 0 spiro atoms. The summed E-state index contributed by atoms with van der Waals surface area (Å²) in [4.78, 5) is 24.8. The van der Waals surface area contributed by atoms with Crippen molar-refractivity contribution in [2.24, 2.45) is 0 Å². The lowest BCUT2D eigenvalue weighted by Gasteiger charge is -2.32. The van der Waals surface area contributed by atoms with Gasteiger partial charge in [0, 0.05) is 44.0 Å². The molecule has 0 saturated carbocycles. The largest absolute Gasteiger partial charge is 0.493 e. The van der Waals surface area contributed by atoms with Crippen LogP contribution < -0.4 is 14.9 Å². The molecule has 0 bridgehead atoms. The van der Waals surface area contributed by atoms with Gasteiger partial charge in [-0.1, -0.05) is 0 Å². The second-order valence-electron chi connectivity index (χ2n) is 7.60. The van der Waals surface area contributed by atoms with Crippen LogP contribution >= 0.6 is 0 Å². The molecule has 0 N–H and O–H groups in total. The first kappa shape index (κ1) is 24.6. The Hall–Kier alpha value is -3.01. The van der Waals surface area contributed by atoms with Crippen molar-refractivity contribution in [1.29, 1.82) is 0 Å². The zero-order valence-corrected chi connectivity index (χ0v) is 18.7. The van der Waals surface area contributed by atoms with Gasteiger partial charge in [-0.25, -0.2) is 4.79 Å². The number of carbonyl (C=O) groups is 1. The first-order valence-electron chi connectivity index (χ1n) is 10.5. The van der Waals surface area contributed by atoms with E-state index in [0.717, 1.165) is 6.20 Å². The van der Waals surface area contributed by atoms with Crippen LogP contribution in [0.1, 0.15) is 41.7 Å². The van der Waals surface area contributed by atoms with Crippen molar-refractivity contribution in [2.45, 2.75) is 38.4 Å². The van der Waals surface area contributed by atoms with Gasteiger partial charge in [-0.3, -0.25) is 4.79 Å². The van der Waals surface area contributed by atoms with E-state index in [-0.39, 0.29) is 24.3 Å². The average molecular weight is 469 g/mol. The highest BCUT2D eigenvalue weighted by molar-refractivity contribution is 5.89. The van der Waals surface area contributed by atoms with Gasteiger partial charge in [-0.15, -0.1) is 0 Å². The third-order valence-corrected chi connectivity index (χ3v) is 5.31. The number of rotatable bonds is 9. The first-order valence-corrected chi connectivity index (χ1v) is 10.5. The monoisotopic (exact) mass is 469 g/mol. The lowest BCUT2D eigenvalue weighted by molar-refractivity contribution is -0.142. The Balaban J connectivity index is 2.10. The molecule has 1 atom stereocenters. The maximum atomic E-state index is 13.4. The van der Waals surface area contributed by atoms with Crippen molar-refractivity contribution in [3.05, 3.63) is 45.7 Å². The molecule has 2 aromatic rings. The van der Waals surface area contributed by atoms with Crippen molar-refractivity contribution in [3.8, 4) is 22.8 Å². The van der Waals surface area contributed by atoms with Gasteiger partial charge in [0.2, 0.25) is 0 Å². The first-order chi connectivity index (χ1) is 15.7. The van der Waals surface area contributed by atoms with Crippen LogP contribution in [-0.2, 0) is 15.9 Å². The number of hydrogen-bond acceptors (Lipinski definition) is 6. The van der Waals surface area contributed by atoms with Gasteiger partial charge < -0.3 is 23.5 Å². The molecule has 0 fully saturated rings. The summed E-state index contributed by atoms with van der Waals surface area (Å²) in [5, 5.41) is 0. The van der Waals surface area contributed by atoms with Crippen LogP contribution in [0.25, 0.3) is 11.3 Å². The van der Waals surface area contributed by atoms with E-state index >= 15 is 0 Å². The highest BCUT2D eigenvalue weighted by Gasteiger charge is 2.36. The van der Waals surface area contributed by atoms with E-state index in [1.54, 1.807) is 26.2 Å². The second-order valence-corrected chi connectivity index (χ2v) is 7.60. The summed E-state index contributed by atoms with van der Waals surface area (Å²) in [6.07, 6.45) is -3.75. The van der Waals surface area contributed by atoms with E-state index in [0.29, 0.717) is 42.3 Å². The number of alkyl halides is 3. The third-order valence-electron chi connectivity index (χ3n) is 5.31. The molecule has 33 heavy (non-hydrogen) atoms. The van der Waals surface area contributed by atoms with Crippen molar-refractivity contribution in [1.82, 2.24) is 4.57 Å². The van der Waals surface area contributed by atoms with Crippen LogP contribution in [0.5, 0.6) is 11.5 Å². The van der Waals surface area contributed by atoms with Gasteiger partial charge in [-0.2, -0.15) is 13.2 Å². The van der Waals surface area contributed by atoms with E-state index < -0.39 is 30.0 Å². The molecule has 1 unspecified atom stereocenters. The SMILES string of the molecule is CCOC(=O)c1cn2c(cc1=O)-c1cc(OC)c(OCCCOC)cc1CC2CC(F)(F)F. The fourth-order valence-electron chi connectivity index (χ4n) is 3.89. The molecule has 0 radical (unpaired) electrons. The van der Waals surface area contributed by atoms with Crippen molar-refractivity contribution >= 4 is 5.97 Å². The topological polar surface area (TPSA) is 76.0 Å². The van der Waals surface area contributed by atoms with Crippen LogP contribution in [0.2, 0.25) is 0 Å². The molecule has 1 aromatic carbocycles. The Morgan fingerprint density at radius 2 is 1.91 bits per heavy atom. The maximum absolute atomic E-state index is 13.4. The van der Waals surface area contributed by atoms with Gasteiger partial charge in [0.15, 0.2) is 16.9 Å². The number of fused-ring (bicyclic) bond motifs is 3. The summed E-state index contributed by atoms with van der Waals surface area (Å²) in [5.74, 6) is -0.0855. The Bertz CT molecular complexity index is 1060. The van der Waals surface area contributed by atoms with Gasteiger partial charge >= 0.3 is 12.1 Å². The van der Waals surface area contributed by atoms with Gasteiger partial charge in [0.25, 0.3) is 0 Å². The van der Waals surface area contributed by atoms with Crippen LogP contribution in [0, 0.1) is 0 Å². The molecular weight excluding hydrogens is 443 g/mol. The summed E-state index contributed by atoms with van der Waals surface area (Å²) in [5.41, 5.74) is 0.475. The molecule has 0 aliphatic carbocycles. The quantitative estimate of drug-likeness (QED) is 0.406. The number of pyridine rings is 1. The number of benzene rings is 1. The minimum Gasteiger partial charge on any atom is -0.493 e. The lowest BCUT2D eigenvalue weighted by Crippen LogP contribution is -2.29. The Labute approximate surface area is 189 Å².